The van der Waals surface area contributed by atoms with Gasteiger partial charge in [0.2, 0.25) is 0 Å². The van der Waals surface area contributed by atoms with E-state index in [0.29, 0.717) is 12.1 Å². The maximum atomic E-state index is 12.4. The molecule has 122 valence electrons. The van der Waals surface area contributed by atoms with Crippen molar-refractivity contribution in [1.29, 1.82) is 0 Å². The largest absolute Gasteiger partial charge is 0.507 e. The molecule has 0 spiro atoms. The van der Waals surface area contributed by atoms with E-state index in [2.05, 4.69) is 25.8 Å². The van der Waals surface area contributed by atoms with Crippen molar-refractivity contribution in [2.45, 2.75) is 19.4 Å². The maximum absolute atomic E-state index is 12.4. The van der Waals surface area contributed by atoms with Gasteiger partial charge in [-0.1, -0.05) is 6.07 Å². The van der Waals surface area contributed by atoms with Gasteiger partial charge >= 0.3 is 0 Å². The maximum Gasteiger partial charge on any atom is 0.255 e. The number of nitrogens with one attached hydrogen (secondary N) is 1. The van der Waals surface area contributed by atoms with E-state index in [0.717, 1.165) is 5.56 Å². The van der Waals surface area contributed by atoms with Gasteiger partial charge in [-0.2, -0.15) is 0 Å². The molecule has 0 aliphatic rings. The second kappa shape index (κ2) is 6.86. The van der Waals surface area contributed by atoms with E-state index < -0.39 is 0 Å². The topological polar surface area (TPSA) is 106 Å². The van der Waals surface area contributed by atoms with Crippen molar-refractivity contribution in [1.82, 2.24) is 30.5 Å². The van der Waals surface area contributed by atoms with E-state index in [1.54, 1.807) is 18.5 Å². The van der Waals surface area contributed by atoms with E-state index in [4.69, 9.17) is 0 Å². The Hall–Kier alpha value is -3.29. The molecule has 1 amide bonds. The van der Waals surface area contributed by atoms with E-state index in [-0.39, 0.29) is 23.3 Å². The predicted octanol–water partition coefficient (Wildman–Crippen LogP) is 1.12. The molecule has 0 saturated carbocycles. The number of nitrogens with zero attached hydrogens (tertiary/aromatic N) is 5. The molecule has 0 radical (unpaired) electrons. The molecule has 0 fully saturated rings. The molecule has 8 nitrogen and oxygen atoms in total. The minimum atomic E-state index is -0.362. The fourth-order valence-corrected chi connectivity index (χ4v) is 2.35. The number of carbonyl (C=O) groups is 1. The van der Waals surface area contributed by atoms with Crippen LogP contribution in [0.4, 0.5) is 0 Å². The van der Waals surface area contributed by atoms with Crippen molar-refractivity contribution in [3.63, 3.8) is 0 Å². The van der Waals surface area contributed by atoms with Crippen LogP contribution < -0.4 is 5.32 Å². The second-order valence-electron chi connectivity index (χ2n) is 5.40. The van der Waals surface area contributed by atoms with Crippen LogP contribution in [0.1, 0.15) is 22.8 Å². The summed E-state index contributed by atoms with van der Waals surface area (Å²) in [6.45, 7) is 1.90. The number of hydrogen-bond acceptors (Lipinski definition) is 6. The van der Waals surface area contributed by atoms with E-state index in [1.807, 2.05) is 19.1 Å². The number of tetrazole rings is 1. The number of phenolic OH excluding ortho intramolecular Hbond substituents is 1. The Kier molecular flexibility index (Phi) is 4.46. The molecule has 1 aromatic carbocycles. The molecule has 24 heavy (non-hydrogen) atoms. The average Bonchev–Trinajstić information content (AvgIpc) is 3.10. The summed E-state index contributed by atoms with van der Waals surface area (Å²) >= 11 is 0. The lowest BCUT2D eigenvalue weighted by molar-refractivity contribution is 0.0937. The highest BCUT2D eigenvalue weighted by atomic mass is 16.3. The van der Waals surface area contributed by atoms with Crippen molar-refractivity contribution < 1.29 is 9.90 Å². The van der Waals surface area contributed by atoms with Crippen LogP contribution in [-0.4, -0.2) is 42.2 Å². The Balaban J connectivity index is 1.73. The number of carbonyl (C=O) groups excluding carboxylic acids is 1. The third kappa shape index (κ3) is 3.54. The first-order valence-electron chi connectivity index (χ1n) is 7.39. The van der Waals surface area contributed by atoms with Gasteiger partial charge < -0.3 is 10.4 Å². The summed E-state index contributed by atoms with van der Waals surface area (Å²) in [5.74, 6) is -0.461. The Bertz CT molecular complexity index is 820. The molecule has 2 N–H and O–H groups in total. The molecular formula is C16H16N6O2. The van der Waals surface area contributed by atoms with Gasteiger partial charge in [-0.3, -0.25) is 9.78 Å². The summed E-state index contributed by atoms with van der Waals surface area (Å²) in [7, 11) is 0. The van der Waals surface area contributed by atoms with Gasteiger partial charge in [0.05, 0.1) is 11.3 Å². The van der Waals surface area contributed by atoms with Crippen LogP contribution in [0.3, 0.4) is 0 Å². The van der Waals surface area contributed by atoms with Crippen molar-refractivity contribution in [2.75, 3.05) is 0 Å². The fourth-order valence-electron chi connectivity index (χ4n) is 2.35. The van der Waals surface area contributed by atoms with Crippen LogP contribution in [0.2, 0.25) is 0 Å². The first-order valence-corrected chi connectivity index (χ1v) is 7.39. The Morgan fingerprint density at radius 2 is 2.25 bits per heavy atom. The number of pyridine rings is 1. The summed E-state index contributed by atoms with van der Waals surface area (Å²) in [4.78, 5) is 16.5. The van der Waals surface area contributed by atoms with Gasteiger partial charge in [0.1, 0.15) is 12.1 Å². The summed E-state index contributed by atoms with van der Waals surface area (Å²) in [5, 5.41) is 23.7. The summed E-state index contributed by atoms with van der Waals surface area (Å²) < 4.78 is 1.41. The normalized spacial score (nSPS) is 11.9. The number of phenols is 1. The number of benzene rings is 1. The van der Waals surface area contributed by atoms with E-state index in [1.165, 1.54) is 23.1 Å². The lowest BCUT2D eigenvalue weighted by Crippen LogP contribution is -2.34. The Morgan fingerprint density at radius 3 is 2.96 bits per heavy atom. The van der Waals surface area contributed by atoms with Crippen LogP contribution in [0.5, 0.6) is 5.75 Å². The molecule has 0 unspecified atom stereocenters. The quantitative estimate of drug-likeness (QED) is 0.728. The second-order valence-corrected chi connectivity index (χ2v) is 5.40. The van der Waals surface area contributed by atoms with Gasteiger partial charge in [-0.25, -0.2) is 4.68 Å². The number of rotatable bonds is 5. The molecule has 0 aliphatic heterocycles. The van der Waals surface area contributed by atoms with Crippen molar-refractivity contribution in [3.8, 4) is 11.4 Å². The van der Waals surface area contributed by atoms with E-state index >= 15 is 0 Å². The summed E-state index contributed by atoms with van der Waals surface area (Å²) in [5.41, 5.74) is 1.78. The van der Waals surface area contributed by atoms with Crippen molar-refractivity contribution >= 4 is 5.91 Å². The smallest absolute Gasteiger partial charge is 0.255 e. The third-order valence-electron chi connectivity index (χ3n) is 3.48. The van der Waals surface area contributed by atoms with Crippen LogP contribution in [0.15, 0.2) is 49.1 Å². The van der Waals surface area contributed by atoms with Crippen molar-refractivity contribution in [2.24, 2.45) is 0 Å². The first kappa shape index (κ1) is 15.6. The van der Waals surface area contributed by atoms with Crippen LogP contribution >= 0.6 is 0 Å². The molecule has 0 saturated heterocycles. The average molecular weight is 324 g/mol. The molecule has 0 aliphatic carbocycles. The van der Waals surface area contributed by atoms with Gasteiger partial charge in [0.25, 0.3) is 5.91 Å². The minimum Gasteiger partial charge on any atom is -0.507 e. The van der Waals surface area contributed by atoms with Crippen molar-refractivity contribution in [3.05, 3.63) is 60.2 Å². The highest BCUT2D eigenvalue weighted by Gasteiger charge is 2.15. The standard InChI is InChI=1S/C16H16N6O2/c1-11(7-12-3-2-6-17-9-12)19-16(24)14-8-13(4-5-15(14)23)22-10-18-20-21-22/h2-6,8-11,23H,7H2,1H3,(H,19,24)/t11-/m0/s1. The van der Waals surface area contributed by atoms with Crippen LogP contribution in [0.25, 0.3) is 5.69 Å². The molecule has 3 rings (SSSR count). The third-order valence-corrected chi connectivity index (χ3v) is 3.48. The monoisotopic (exact) mass is 324 g/mol. The molecule has 0 bridgehead atoms. The number of aromatic nitrogens is 5. The van der Waals surface area contributed by atoms with Gasteiger partial charge in [0, 0.05) is 18.4 Å². The van der Waals surface area contributed by atoms with Crippen LogP contribution in [-0.2, 0) is 6.42 Å². The molecule has 8 heteroatoms. The highest BCUT2D eigenvalue weighted by Crippen LogP contribution is 2.20. The molecule has 2 heterocycles. The SMILES string of the molecule is C[C@@H](Cc1cccnc1)NC(=O)c1cc(-n2cnnn2)ccc1O. The Morgan fingerprint density at radius 1 is 1.38 bits per heavy atom. The van der Waals surface area contributed by atoms with E-state index in [9.17, 15) is 9.90 Å². The number of amides is 1. The summed E-state index contributed by atoms with van der Waals surface area (Å²) in [6, 6.07) is 8.30. The fraction of sp³-hybridized carbons (Fsp3) is 0.188. The molecular weight excluding hydrogens is 308 g/mol. The predicted molar refractivity (Wildman–Crippen MR) is 85.7 cm³/mol. The lowest BCUT2D eigenvalue weighted by atomic mass is 10.1. The highest BCUT2D eigenvalue weighted by molar-refractivity contribution is 5.97. The van der Waals surface area contributed by atoms with Crippen LogP contribution in [0, 0.1) is 0 Å². The number of aromatic hydroxyl groups is 1. The zero-order valence-corrected chi connectivity index (χ0v) is 13.0. The van der Waals surface area contributed by atoms with Gasteiger partial charge in [-0.15, -0.1) is 5.10 Å². The lowest BCUT2D eigenvalue weighted by Gasteiger charge is -2.15. The van der Waals surface area contributed by atoms with Gasteiger partial charge in [-0.05, 0) is 53.6 Å². The molecule has 2 aromatic heterocycles. The zero-order valence-electron chi connectivity index (χ0n) is 13.0. The first-order chi connectivity index (χ1) is 11.6. The minimum absolute atomic E-state index is 0.0992. The number of hydrogen-bond donors (Lipinski definition) is 2. The Labute approximate surface area is 138 Å². The molecule has 3 aromatic rings. The molecule has 1 atom stereocenters. The zero-order chi connectivity index (χ0) is 16.9. The van der Waals surface area contributed by atoms with Gasteiger partial charge in [0.15, 0.2) is 0 Å². The summed E-state index contributed by atoms with van der Waals surface area (Å²) in [6.07, 6.45) is 5.53.